The molecule has 112 valence electrons. The quantitative estimate of drug-likeness (QED) is 0.580. The molecule has 0 fully saturated rings. The zero-order chi connectivity index (χ0) is 15.6. The van der Waals surface area contributed by atoms with Crippen LogP contribution in [0.3, 0.4) is 0 Å². The number of aryl methyl sites for hydroxylation is 1. The second kappa shape index (κ2) is 5.61. The van der Waals surface area contributed by atoms with Crippen LogP contribution in [-0.4, -0.2) is 25.0 Å². The molecular formula is C18H15N5. The van der Waals surface area contributed by atoms with Gasteiger partial charge in [0.1, 0.15) is 5.69 Å². The second-order valence-corrected chi connectivity index (χ2v) is 5.24. The van der Waals surface area contributed by atoms with E-state index >= 15 is 0 Å². The van der Waals surface area contributed by atoms with Crippen molar-refractivity contribution in [3.63, 3.8) is 0 Å². The lowest BCUT2D eigenvalue weighted by atomic mass is 10.0. The van der Waals surface area contributed by atoms with Crippen molar-refractivity contribution in [1.29, 1.82) is 0 Å². The Balaban J connectivity index is 1.91. The smallest absolute Gasteiger partial charge is 0.111 e. The van der Waals surface area contributed by atoms with E-state index in [0.29, 0.717) is 0 Å². The standard InChI is InChI=1S/C18H15N5/c1-2-23-18(16-7-4-9-20-21-16)11-17(22-23)14-6-3-5-13-8-10-19-12-15(13)14/h3-12H,2H2,1H3. The van der Waals surface area contributed by atoms with Gasteiger partial charge in [0, 0.05) is 36.1 Å². The Kier molecular flexibility index (Phi) is 3.31. The normalized spacial score (nSPS) is 11.0. The van der Waals surface area contributed by atoms with Crippen LogP contribution in [0.1, 0.15) is 6.92 Å². The van der Waals surface area contributed by atoms with Crippen LogP contribution in [0.5, 0.6) is 0 Å². The molecule has 0 unspecified atom stereocenters. The summed E-state index contributed by atoms with van der Waals surface area (Å²) in [6.07, 6.45) is 5.37. The summed E-state index contributed by atoms with van der Waals surface area (Å²) in [5, 5.41) is 15.2. The second-order valence-electron chi connectivity index (χ2n) is 5.24. The van der Waals surface area contributed by atoms with E-state index in [1.54, 1.807) is 6.20 Å². The summed E-state index contributed by atoms with van der Waals surface area (Å²) >= 11 is 0. The summed E-state index contributed by atoms with van der Waals surface area (Å²) in [5.41, 5.74) is 3.79. The third-order valence-corrected chi connectivity index (χ3v) is 3.87. The molecule has 23 heavy (non-hydrogen) atoms. The van der Waals surface area contributed by atoms with Gasteiger partial charge in [0.25, 0.3) is 0 Å². The molecule has 0 aliphatic carbocycles. The molecule has 0 aliphatic rings. The first-order valence-electron chi connectivity index (χ1n) is 7.56. The molecule has 4 aromatic rings. The van der Waals surface area contributed by atoms with Gasteiger partial charge >= 0.3 is 0 Å². The average Bonchev–Trinajstić information content (AvgIpc) is 3.06. The summed E-state index contributed by atoms with van der Waals surface area (Å²) in [4.78, 5) is 4.25. The summed E-state index contributed by atoms with van der Waals surface area (Å²) in [5.74, 6) is 0. The van der Waals surface area contributed by atoms with Gasteiger partial charge in [-0.3, -0.25) is 9.67 Å². The molecule has 3 heterocycles. The number of fused-ring (bicyclic) bond motifs is 1. The molecule has 0 saturated heterocycles. The number of hydrogen-bond acceptors (Lipinski definition) is 4. The zero-order valence-electron chi connectivity index (χ0n) is 12.7. The van der Waals surface area contributed by atoms with E-state index in [2.05, 4.69) is 40.3 Å². The van der Waals surface area contributed by atoms with Crippen LogP contribution in [0.15, 0.2) is 61.1 Å². The third kappa shape index (κ3) is 2.36. The number of hydrogen-bond donors (Lipinski definition) is 0. The molecule has 0 N–H and O–H groups in total. The highest BCUT2D eigenvalue weighted by Crippen LogP contribution is 2.30. The Morgan fingerprint density at radius 3 is 2.78 bits per heavy atom. The maximum Gasteiger partial charge on any atom is 0.111 e. The molecule has 0 spiro atoms. The van der Waals surface area contributed by atoms with Crippen molar-refractivity contribution < 1.29 is 0 Å². The summed E-state index contributed by atoms with van der Waals surface area (Å²) < 4.78 is 1.95. The monoisotopic (exact) mass is 301 g/mol. The van der Waals surface area contributed by atoms with Gasteiger partial charge in [0.05, 0.1) is 11.4 Å². The van der Waals surface area contributed by atoms with Gasteiger partial charge in [0.2, 0.25) is 0 Å². The first kappa shape index (κ1) is 13.6. The Hall–Kier alpha value is -3.08. The van der Waals surface area contributed by atoms with Crippen LogP contribution in [0.4, 0.5) is 0 Å². The lowest BCUT2D eigenvalue weighted by Gasteiger charge is -2.03. The molecule has 3 aromatic heterocycles. The fraction of sp³-hybridized carbons (Fsp3) is 0.111. The van der Waals surface area contributed by atoms with Gasteiger partial charge in [0.15, 0.2) is 0 Å². The predicted molar refractivity (Wildman–Crippen MR) is 89.7 cm³/mol. The fourth-order valence-electron chi connectivity index (χ4n) is 2.77. The van der Waals surface area contributed by atoms with E-state index < -0.39 is 0 Å². The van der Waals surface area contributed by atoms with Crippen molar-refractivity contribution in [3.05, 3.63) is 61.1 Å². The summed E-state index contributed by atoms with van der Waals surface area (Å²) in [6.45, 7) is 2.84. The van der Waals surface area contributed by atoms with Crippen molar-refractivity contribution >= 4 is 10.8 Å². The first-order chi connectivity index (χ1) is 11.4. The molecule has 0 radical (unpaired) electrons. The maximum atomic E-state index is 4.75. The SMILES string of the molecule is CCn1nc(-c2cccc3ccncc23)cc1-c1cccnn1. The van der Waals surface area contributed by atoms with Crippen molar-refractivity contribution in [2.45, 2.75) is 13.5 Å². The van der Waals surface area contributed by atoms with Crippen LogP contribution >= 0.6 is 0 Å². The molecule has 0 bridgehead atoms. The molecule has 1 aromatic carbocycles. The molecule has 4 rings (SSSR count). The lowest BCUT2D eigenvalue weighted by Crippen LogP contribution is -2.00. The average molecular weight is 301 g/mol. The Bertz CT molecular complexity index is 954. The number of benzene rings is 1. The maximum absolute atomic E-state index is 4.75. The van der Waals surface area contributed by atoms with E-state index in [-0.39, 0.29) is 0 Å². The van der Waals surface area contributed by atoms with Crippen molar-refractivity contribution in [2.75, 3.05) is 0 Å². The van der Waals surface area contributed by atoms with Crippen molar-refractivity contribution in [3.8, 4) is 22.6 Å². The molecule has 0 saturated carbocycles. The van der Waals surface area contributed by atoms with Crippen LogP contribution in [0.2, 0.25) is 0 Å². The minimum Gasteiger partial charge on any atom is -0.264 e. The highest BCUT2D eigenvalue weighted by Gasteiger charge is 2.13. The minimum absolute atomic E-state index is 0.773. The molecule has 0 atom stereocenters. The minimum atomic E-state index is 0.773. The number of rotatable bonds is 3. The van der Waals surface area contributed by atoms with E-state index in [1.165, 1.54) is 0 Å². The number of aromatic nitrogens is 5. The number of pyridine rings is 1. The van der Waals surface area contributed by atoms with Crippen molar-refractivity contribution in [2.24, 2.45) is 0 Å². The van der Waals surface area contributed by atoms with Gasteiger partial charge < -0.3 is 0 Å². The van der Waals surface area contributed by atoms with E-state index in [9.17, 15) is 0 Å². The fourth-order valence-corrected chi connectivity index (χ4v) is 2.77. The zero-order valence-corrected chi connectivity index (χ0v) is 12.7. The van der Waals surface area contributed by atoms with Gasteiger partial charge in [-0.2, -0.15) is 10.2 Å². The van der Waals surface area contributed by atoms with Crippen LogP contribution in [0.25, 0.3) is 33.4 Å². The van der Waals surface area contributed by atoms with E-state index in [4.69, 9.17) is 5.10 Å². The van der Waals surface area contributed by atoms with E-state index in [0.717, 1.165) is 40.0 Å². The highest BCUT2D eigenvalue weighted by molar-refractivity contribution is 5.95. The molecule has 5 nitrogen and oxygen atoms in total. The predicted octanol–water partition coefficient (Wildman–Crippen LogP) is 3.58. The van der Waals surface area contributed by atoms with Gasteiger partial charge in [-0.1, -0.05) is 18.2 Å². The third-order valence-electron chi connectivity index (χ3n) is 3.87. The molecule has 0 aliphatic heterocycles. The van der Waals surface area contributed by atoms with Gasteiger partial charge in [-0.25, -0.2) is 0 Å². The van der Waals surface area contributed by atoms with Gasteiger partial charge in [-0.15, -0.1) is 5.10 Å². The van der Waals surface area contributed by atoms with Crippen LogP contribution < -0.4 is 0 Å². The Labute approximate surface area is 133 Å². The number of nitrogens with zero attached hydrogens (tertiary/aromatic N) is 5. The Morgan fingerprint density at radius 1 is 1.00 bits per heavy atom. The molecular weight excluding hydrogens is 286 g/mol. The van der Waals surface area contributed by atoms with Crippen LogP contribution in [-0.2, 0) is 6.54 Å². The Morgan fingerprint density at radius 2 is 1.96 bits per heavy atom. The van der Waals surface area contributed by atoms with E-state index in [1.807, 2.05) is 41.3 Å². The molecule has 0 amide bonds. The lowest BCUT2D eigenvalue weighted by molar-refractivity contribution is 0.667. The highest BCUT2D eigenvalue weighted by atomic mass is 15.3. The summed E-state index contributed by atoms with van der Waals surface area (Å²) in [7, 11) is 0. The topological polar surface area (TPSA) is 56.5 Å². The largest absolute Gasteiger partial charge is 0.264 e. The molecule has 5 heteroatoms. The van der Waals surface area contributed by atoms with Gasteiger partial charge in [-0.05, 0) is 36.6 Å². The summed E-state index contributed by atoms with van der Waals surface area (Å²) in [6, 6.07) is 14.1. The van der Waals surface area contributed by atoms with Crippen molar-refractivity contribution in [1.82, 2.24) is 25.0 Å². The first-order valence-corrected chi connectivity index (χ1v) is 7.56. The van der Waals surface area contributed by atoms with Crippen LogP contribution in [0, 0.1) is 0 Å².